The topological polar surface area (TPSA) is 96.2 Å². The van der Waals surface area contributed by atoms with Crippen LogP contribution in [0.2, 0.25) is 0 Å². The maximum Gasteiger partial charge on any atom is 0.257 e. The molecule has 1 aliphatic rings. The van der Waals surface area contributed by atoms with Gasteiger partial charge in [0.2, 0.25) is 5.91 Å². The smallest absolute Gasteiger partial charge is 0.257 e. The third kappa shape index (κ3) is 4.71. The van der Waals surface area contributed by atoms with Gasteiger partial charge in [-0.05, 0) is 38.1 Å². The molecular formula is C22H25N7O2. The van der Waals surface area contributed by atoms with Gasteiger partial charge in [0.1, 0.15) is 6.54 Å². The van der Waals surface area contributed by atoms with Gasteiger partial charge >= 0.3 is 0 Å². The lowest BCUT2D eigenvalue weighted by Crippen LogP contribution is -2.50. The molecule has 0 spiro atoms. The third-order valence-corrected chi connectivity index (χ3v) is 5.35. The van der Waals surface area contributed by atoms with Crippen molar-refractivity contribution in [1.29, 1.82) is 0 Å². The van der Waals surface area contributed by atoms with E-state index in [9.17, 15) is 9.59 Å². The summed E-state index contributed by atoms with van der Waals surface area (Å²) >= 11 is 0. The highest BCUT2D eigenvalue weighted by Gasteiger charge is 2.24. The molecule has 0 bridgehead atoms. The first kappa shape index (κ1) is 20.5. The molecule has 1 aromatic carbocycles. The van der Waals surface area contributed by atoms with Crippen LogP contribution in [-0.2, 0) is 11.3 Å². The van der Waals surface area contributed by atoms with Crippen molar-refractivity contribution in [2.45, 2.75) is 20.4 Å². The van der Waals surface area contributed by atoms with Crippen molar-refractivity contribution >= 4 is 23.2 Å². The zero-order valence-corrected chi connectivity index (χ0v) is 17.7. The summed E-state index contributed by atoms with van der Waals surface area (Å²) in [5.74, 6) is -0.145. The molecule has 0 unspecified atom stereocenters. The summed E-state index contributed by atoms with van der Waals surface area (Å²) in [5, 5.41) is 14.7. The highest BCUT2D eigenvalue weighted by atomic mass is 16.2. The fourth-order valence-corrected chi connectivity index (χ4v) is 3.76. The molecule has 1 fully saturated rings. The van der Waals surface area contributed by atoms with Gasteiger partial charge in [-0.15, -0.1) is 0 Å². The number of hydrogen-bond donors (Lipinski definition) is 1. The van der Waals surface area contributed by atoms with E-state index in [2.05, 4.69) is 25.5 Å². The van der Waals surface area contributed by atoms with Crippen LogP contribution in [0.5, 0.6) is 0 Å². The summed E-state index contributed by atoms with van der Waals surface area (Å²) in [6.07, 6.45) is 3.04. The molecular weight excluding hydrogens is 394 g/mol. The molecule has 160 valence electrons. The Kier molecular flexibility index (Phi) is 5.92. The Bertz CT molecular complexity index is 1070. The predicted octanol–water partition coefficient (Wildman–Crippen LogP) is 1.89. The van der Waals surface area contributed by atoms with Crippen molar-refractivity contribution in [2.75, 3.05) is 36.4 Å². The first-order valence-corrected chi connectivity index (χ1v) is 10.2. The van der Waals surface area contributed by atoms with Crippen LogP contribution in [0.15, 0.2) is 48.8 Å². The Balaban J connectivity index is 1.40. The molecule has 1 saturated heterocycles. The van der Waals surface area contributed by atoms with E-state index in [1.165, 1.54) is 12.4 Å². The highest BCUT2D eigenvalue weighted by Crippen LogP contribution is 2.23. The van der Waals surface area contributed by atoms with E-state index in [0.717, 1.165) is 17.1 Å². The molecule has 1 N–H and O–H groups in total. The quantitative estimate of drug-likeness (QED) is 0.679. The lowest BCUT2D eigenvalue weighted by Gasteiger charge is -2.37. The molecule has 2 aromatic heterocycles. The number of benzene rings is 1. The normalized spacial score (nSPS) is 13.9. The lowest BCUT2D eigenvalue weighted by atomic mass is 10.1. The van der Waals surface area contributed by atoms with E-state index < -0.39 is 0 Å². The summed E-state index contributed by atoms with van der Waals surface area (Å²) in [5.41, 5.74) is 3.92. The van der Waals surface area contributed by atoms with Crippen molar-refractivity contribution in [3.8, 4) is 0 Å². The number of rotatable bonds is 5. The average Bonchev–Trinajstić information content (AvgIpc) is 3.11. The first-order valence-electron chi connectivity index (χ1n) is 10.2. The second kappa shape index (κ2) is 8.95. The monoisotopic (exact) mass is 419 g/mol. The van der Waals surface area contributed by atoms with E-state index in [4.69, 9.17) is 0 Å². The summed E-state index contributed by atoms with van der Waals surface area (Å²) in [6.45, 7) is 6.64. The minimum atomic E-state index is -0.202. The van der Waals surface area contributed by atoms with Gasteiger partial charge in [0.25, 0.3) is 5.91 Å². The van der Waals surface area contributed by atoms with Crippen LogP contribution < -0.4 is 10.2 Å². The van der Waals surface area contributed by atoms with Crippen LogP contribution in [0, 0.1) is 13.8 Å². The van der Waals surface area contributed by atoms with Gasteiger partial charge in [-0.2, -0.15) is 15.3 Å². The molecule has 31 heavy (non-hydrogen) atoms. The Labute approximate surface area is 180 Å². The minimum absolute atomic E-state index is 0.0575. The van der Waals surface area contributed by atoms with Crippen LogP contribution in [0.4, 0.5) is 11.4 Å². The number of nitrogens with zero attached hydrogens (tertiary/aromatic N) is 6. The van der Waals surface area contributed by atoms with Gasteiger partial charge in [-0.3, -0.25) is 14.3 Å². The summed E-state index contributed by atoms with van der Waals surface area (Å²) in [7, 11) is 0. The number of nitrogens with one attached hydrogen (secondary N) is 1. The molecule has 0 atom stereocenters. The van der Waals surface area contributed by atoms with Crippen LogP contribution in [0.1, 0.15) is 21.7 Å². The van der Waals surface area contributed by atoms with Crippen molar-refractivity contribution in [3.63, 3.8) is 0 Å². The zero-order valence-electron chi connectivity index (χ0n) is 17.7. The van der Waals surface area contributed by atoms with Crippen molar-refractivity contribution in [1.82, 2.24) is 24.9 Å². The molecule has 0 saturated carbocycles. The maximum absolute atomic E-state index is 12.8. The van der Waals surface area contributed by atoms with Crippen LogP contribution in [0.25, 0.3) is 0 Å². The van der Waals surface area contributed by atoms with Gasteiger partial charge in [0, 0.05) is 37.6 Å². The Morgan fingerprint density at radius 3 is 2.48 bits per heavy atom. The molecule has 9 nitrogen and oxygen atoms in total. The van der Waals surface area contributed by atoms with Crippen molar-refractivity contribution < 1.29 is 9.59 Å². The number of piperazine rings is 1. The van der Waals surface area contributed by atoms with Gasteiger partial charge in [-0.1, -0.05) is 12.1 Å². The number of aryl methyl sites for hydroxylation is 2. The fraction of sp³-hybridized carbons (Fsp3) is 0.318. The number of carbonyl (C=O) groups is 2. The number of amides is 2. The van der Waals surface area contributed by atoms with Crippen LogP contribution in [0.3, 0.4) is 0 Å². The van der Waals surface area contributed by atoms with E-state index in [1.807, 2.05) is 43.0 Å². The Morgan fingerprint density at radius 2 is 1.81 bits per heavy atom. The van der Waals surface area contributed by atoms with Gasteiger partial charge in [-0.25, -0.2) is 0 Å². The molecule has 0 aliphatic carbocycles. The van der Waals surface area contributed by atoms with Crippen molar-refractivity contribution in [2.24, 2.45) is 0 Å². The zero-order chi connectivity index (χ0) is 21.8. The average molecular weight is 419 g/mol. The highest BCUT2D eigenvalue weighted by molar-refractivity contribution is 6.08. The van der Waals surface area contributed by atoms with Crippen LogP contribution in [-0.4, -0.2) is 62.9 Å². The number of carbonyl (C=O) groups excluding carboxylic acids is 2. The maximum atomic E-state index is 12.8. The predicted molar refractivity (Wildman–Crippen MR) is 117 cm³/mol. The standard InChI is InChI=1S/C22H25N7O2/c1-16-13-17(2)29(26-16)15-21(30)28-11-9-27(10-12-28)20-6-4-3-5-19(20)22(31)25-18-7-8-23-24-14-18/h3-8,13-14H,9-12,15H2,1-2H3,(H,23,25,31). The number of anilines is 2. The molecule has 1 aliphatic heterocycles. The molecule has 3 aromatic rings. The Hall–Kier alpha value is -3.75. The number of hydrogen-bond acceptors (Lipinski definition) is 6. The molecule has 0 radical (unpaired) electrons. The third-order valence-electron chi connectivity index (χ3n) is 5.35. The second-order valence-electron chi connectivity index (χ2n) is 7.55. The molecule has 4 rings (SSSR count). The SMILES string of the molecule is Cc1cc(C)n(CC(=O)N2CCN(c3ccccc3C(=O)Nc3ccnnc3)CC2)n1. The summed E-state index contributed by atoms with van der Waals surface area (Å²) in [6, 6.07) is 11.2. The summed E-state index contributed by atoms with van der Waals surface area (Å²) < 4.78 is 1.75. The first-order chi connectivity index (χ1) is 15.0. The van der Waals surface area contributed by atoms with E-state index in [-0.39, 0.29) is 18.4 Å². The Morgan fingerprint density at radius 1 is 1.03 bits per heavy atom. The molecule has 2 amide bonds. The van der Waals surface area contributed by atoms with E-state index in [0.29, 0.717) is 37.4 Å². The van der Waals surface area contributed by atoms with Gasteiger partial charge in [0.05, 0.1) is 29.3 Å². The number of aromatic nitrogens is 4. The van der Waals surface area contributed by atoms with Crippen LogP contribution >= 0.6 is 0 Å². The minimum Gasteiger partial charge on any atom is -0.367 e. The van der Waals surface area contributed by atoms with Gasteiger partial charge < -0.3 is 15.1 Å². The van der Waals surface area contributed by atoms with Crippen molar-refractivity contribution in [3.05, 3.63) is 65.7 Å². The second-order valence-corrected chi connectivity index (χ2v) is 7.55. The fourth-order valence-electron chi connectivity index (χ4n) is 3.76. The molecule has 3 heterocycles. The largest absolute Gasteiger partial charge is 0.367 e. The van der Waals surface area contributed by atoms with E-state index in [1.54, 1.807) is 16.8 Å². The lowest BCUT2D eigenvalue weighted by molar-refractivity contribution is -0.132. The summed E-state index contributed by atoms with van der Waals surface area (Å²) in [4.78, 5) is 29.6. The van der Waals surface area contributed by atoms with Gasteiger partial charge in [0.15, 0.2) is 0 Å². The van der Waals surface area contributed by atoms with E-state index >= 15 is 0 Å². The number of para-hydroxylation sites is 1. The molecule has 9 heteroatoms.